The van der Waals surface area contributed by atoms with E-state index in [1.54, 1.807) is 0 Å². The number of carbonyl (C=O) groups is 1. The minimum absolute atomic E-state index is 0.678. The van der Waals surface area contributed by atoms with Crippen LogP contribution in [0.25, 0.3) is 99.5 Å². The van der Waals surface area contributed by atoms with Crippen LogP contribution < -0.4 is 0 Å². The topological polar surface area (TPSA) is 26.9 Å². The molecule has 0 aliphatic carbocycles. The van der Waals surface area contributed by atoms with Gasteiger partial charge in [-0.25, -0.2) is 0 Å². The Labute approximate surface area is 378 Å². The van der Waals surface area contributed by atoms with E-state index >= 15 is 0 Å². The Morgan fingerprint density at radius 1 is 0.292 bits per heavy atom. The number of fused-ring (bicyclic) bond motifs is 6. The lowest BCUT2D eigenvalue weighted by atomic mass is 10.0. The van der Waals surface area contributed by atoms with Crippen molar-refractivity contribution in [3.8, 4) is 55.9 Å². The van der Waals surface area contributed by atoms with Crippen LogP contribution in [0.15, 0.2) is 243 Å². The molecule has 0 radical (unpaired) electrons. The number of nitrogens with zero attached hydrogens (tertiary/aromatic N) is 2. The largest absolute Gasteiger partial charge is 0.309 e. The average molecular weight is 833 g/mol. The number of aromatic nitrogens is 2. The molecule has 65 heavy (non-hydrogen) atoms. The van der Waals surface area contributed by atoms with Crippen LogP contribution in [0, 0.1) is 6.92 Å². The monoisotopic (exact) mass is 832 g/mol. The van der Waals surface area contributed by atoms with Crippen molar-refractivity contribution in [2.24, 2.45) is 0 Å². The molecule has 0 fully saturated rings. The molecule has 0 aliphatic heterocycles. The summed E-state index contributed by atoms with van der Waals surface area (Å²) in [6.07, 6.45) is 0.883. The third-order valence-corrected chi connectivity index (χ3v) is 12.5. The van der Waals surface area contributed by atoms with Gasteiger partial charge in [-0.05, 0) is 136 Å². The summed E-state index contributed by atoms with van der Waals surface area (Å²) in [4.78, 5) is 11.2. The highest BCUT2D eigenvalue weighted by molar-refractivity contribution is 6.13. The van der Waals surface area contributed by atoms with Gasteiger partial charge < -0.3 is 9.13 Å². The fraction of sp³-hybridized carbons (Fsp3) is 0.0161. The predicted molar refractivity (Wildman–Crippen MR) is 273 cm³/mol. The SMILES string of the molecule is Cc1ccc(-n2c3ccc(-c4ccccc4)cc3c3cc(-c4ccccc4)ccc32)cc1.O=Cc1ccc(-n2c3ccc(-c4ccccc4)cc3c3cc(-c4ccccc4)ccc32)cc1. The van der Waals surface area contributed by atoms with Crippen LogP contribution in [-0.2, 0) is 0 Å². The first-order chi connectivity index (χ1) is 32.1. The van der Waals surface area contributed by atoms with Crippen LogP contribution in [-0.4, -0.2) is 15.4 Å². The van der Waals surface area contributed by atoms with Gasteiger partial charge in [0.15, 0.2) is 0 Å². The fourth-order valence-electron chi connectivity index (χ4n) is 9.24. The van der Waals surface area contributed by atoms with Gasteiger partial charge in [-0.1, -0.05) is 163 Å². The van der Waals surface area contributed by atoms with Crippen molar-refractivity contribution >= 4 is 49.9 Å². The molecule has 12 aromatic rings. The van der Waals surface area contributed by atoms with Gasteiger partial charge in [0.1, 0.15) is 6.29 Å². The maximum absolute atomic E-state index is 11.2. The normalized spacial score (nSPS) is 11.2. The van der Waals surface area contributed by atoms with Crippen LogP contribution in [0.5, 0.6) is 0 Å². The molecule has 0 atom stereocenters. The molecule has 0 amide bonds. The summed E-state index contributed by atoms with van der Waals surface area (Å²) in [6.45, 7) is 2.13. The van der Waals surface area contributed by atoms with Crippen LogP contribution in [0.2, 0.25) is 0 Å². The zero-order chi connectivity index (χ0) is 43.7. The summed E-state index contributed by atoms with van der Waals surface area (Å²) in [7, 11) is 0. The molecule has 2 heterocycles. The van der Waals surface area contributed by atoms with Gasteiger partial charge >= 0.3 is 0 Å². The Morgan fingerprint density at radius 2 is 0.569 bits per heavy atom. The van der Waals surface area contributed by atoms with Gasteiger partial charge in [-0.3, -0.25) is 4.79 Å². The number of carbonyl (C=O) groups excluding carboxylic acids is 1. The molecule has 0 N–H and O–H groups in total. The first kappa shape index (κ1) is 39.3. The van der Waals surface area contributed by atoms with Crippen LogP contribution >= 0.6 is 0 Å². The van der Waals surface area contributed by atoms with E-state index in [0.29, 0.717) is 5.56 Å². The highest BCUT2D eigenvalue weighted by Crippen LogP contribution is 2.39. The van der Waals surface area contributed by atoms with E-state index in [1.165, 1.54) is 88.3 Å². The molecule has 0 saturated heterocycles. The molecular formula is C62H44N2O. The van der Waals surface area contributed by atoms with Gasteiger partial charge in [-0.2, -0.15) is 0 Å². The van der Waals surface area contributed by atoms with E-state index < -0.39 is 0 Å². The van der Waals surface area contributed by atoms with E-state index in [-0.39, 0.29) is 0 Å². The highest BCUT2D eigenvalue weighted by Gasteiger charge is 2.16. The summed E-state index contributed by atoms with van der Waals surface area (Å²) >= 11 is 0. The smallest absolute Gasteiger partial charge is 0.150 e. The summed E-state index contributed by atoms with van der Waals surface area (Å²) in [5.74, 6) is 0. The third kappa shape index (κ3) is 7.49. The zero-order valence-electron chi connectivity index (χ0n) is 36.0. The molecule has 3 heteroatoms. The number of benzene rings is 10. The first-order valence-corrected chi connectivity index (χ1v) is 22.1. The quantitative estimate of drug-likeness (QED) is 0.147. The second-order valence-corrected chi connectivity index (χ2v) is 16.6. The van der Waals surface area contributed by atoms with Crippen molar-refractivity contribution in [1.82, 2.24) is 9.13 Å². The molecule has 3 nitrogen and oxygen atoms in total. The maximum Gasteiger partial charge on any atom is 0.150 e. The second kappa shape index (κ2) is 17.0. The number of aryl methyl sites for hydroxylation is 1. The molecule has 0 aliphatic rings. The molecule has 308 valence electrons. The Kier molecular flexibility index (Phi) is 10.3. The molecule has 0 unspecified atom stereocenters. The van der Waals surface area contributed by atoms with E-state index in [4.69, 9.17) is 0 Å². The lowest BCUT2D eigenvalue weighted by Crippen LogP contribution is -1.94. The van der Waals surface area contributed by atoms with Crippen LogP contribution in [0.3, 0.4) is 0 Å². The van der Waals surface area contributed by atoms with Crippen molar-refractivity contribution in [2.75, 3.05) is 0 Å². The molecular weight excluding hydrogens is 789 g/mol. The van der Waals surface area contributed by atoms with Gasteiger partial charge in [0.05, 0.1) is 22.1 Å². The number of hydrogen-bond donors (Lipinski definition) is 0. The number of hydrogen-bond acceptors (Lipinski definition) is 1. The van der Waals surface area contributed by atoms with E-state index in [2.05, 4.69) is 222 Å². The Balaban J connectivity index is 0.000000144. The second-order valence-electron chi connectivity index (χ2n) is 16.6. The molecule has 2 aromatic heterocycles. The minimum atomic E-state index is 0.678. The maximum atomic E-state index is 11.2. The fourth-order valence-corrected chi connectivity index (χ4v) is 9.24. The summed E-state index contributed by atoms with van der Waals surface area (Å²) < 4.78 is 4.66. The summed E-state index contributed by atoms with van der Waals surface area (Å²) in [5.41, 5.74) is 18.7. The van der Waals surface area contributed by atoms with Crippen molar-refractivity contribution in [3.05, 3.63) is 254 Å². The van der Waals surface area contributed by atoms with E-state index in [1.807, 2.05) is 36.4 Å². The van der Waals surface area contributed by atoms with Gasteiger partial charge in [-0.15, -0.1) is 0 Å². The molecule has 0 spiro atoms. The van der Waals surface area contributed by atoms with Crippen LogP contribution in [0.1, 0.15) is 15.9 Å². The van der Waals surface area contributed by atoms with Crippen molar-refractivity contribution in [1.29, 1.82) is 0 Å². The predicted octanol–water partition coefficient (Wildman–Crippen LogP) is 16.4. The summed E-state index contributed by atoms with van der Waals surface area (Å²) in [6, 6.07) is 85.8. The number of aldehydes is 1. The highest BCUT2D eigenvalue weighted by atomic mass is 16.1. The molecule has 0 saturated carbocycles. The molecule has 12 rings (SSSR count). The molecule has 10 aromatic carbocycles. The van der Waals surface area contributed by atoms with Crippen molar-refractivity contribution < 1.29 is 4.79 Å². The van der Waals surface area contributed by atoms with Crippen molar-refractivity contribution in [3.63, 3.8) is 0 Å². The minimum Gasteiger partial charge on any atom is -0.309 e. The lowest BCUT2D eigenvalue weighted by Gasteiger charge is -2.09. The lowest BCUT2D eigenvalue weighted by molar-refractivity contribution is 0.112. The standard InChI is InChI=1S/C31H21NO.C31H23N/c33-21-22-11-15-27(16-12-22)32-30-17-13-25(23-7-3-1-4-8-23)19-28(30)29-20-26(14-18-31(29)32)24-9-5-2-6-10-24;1-22-12-16-27(17-13-22)32-30-18-14-25(23-8-4-2-5-9-23)20-28(30)29-21-26(15-19-31(29)32)24-10-6-3-7-11-24/h1-21H;2-21H,1H3. The van der Waals surface area contributed by atoms with Gasteiger partial charge in [0, 0.05) is 38.5 Å². The Bertz CT molecular complexity index is 3430. The zero-order valence-corrected chi connectivity index (χ0v) is 36.0. The van der Waals surface area contributed by atoms with Gasteiger partial charge in [0.2, 0.25) is 0 Å². The van der Waals surface area contributed by atoms with Gasteiger partial charge in [0.25, 0.3) is 0 Å². The molecule has 0 bridgehead atoms. The third-order valence-electron chi connectivity index (χ3n) is 12.5. The number of rotatable bonds is 7. The van der Waals surface area contributed by atoms with Crippen molar-refractivity contribution in [2.45, 2.75) is 6.92 Å². The van der Waals surface area contributed by atoms with E-state index in [0.717, 1.165) is 23.0 Å². The Morgan fingerprint density at radius 3 is 0.846 bits per heavy atom. The Hall–Kier alpha value is -8.53. The summed E-state index contributed by atoms with van der Waals surface area (Å²) in [5, 5.41) is 4.98. The van der Waals surface area contributed by atoms with Crippen LogP contribution in [0.4, 0.5) is 0 Å². The first-order valence-electron chi connectivity index (χ1n) is 22.1. The van der Waals surface area contributed by atoms with E-state index in [9.17, 15) is 4.79 Å². The average Bonchev–Trinajstić information content (AvgIpc) is 3.89.